The fourth-order valence-corrected chi connectivity index (χ4v) is 4.76. The molecule has 7 heteroatoms. The second-order valence-corrected chi connectivity index (χ2v) is 9.06. The van der Waals surface area contributed by atoms with Gasteiger partial charge in [0.15, 0.2) is 0 Å². The number of aryl methyl sites for hydroxylation is 1. The monoisotopic (exact) mass is 472 g/mol. The number of morpholine rings is 1. The highest BCUT2D eigenvalue weighted by Gasteiger charge is 2.28. The molecular formula is C28H32N4O3. The van der Waals surface area contributed by atoms with E-state index in [9.17, 15) is 4.79 Å². The normalized spacial score (nSPS) is 15.6. The van der Waals surface area contributed by atoms with Crippen molar-refractivity contribution >= 4 is 11.7 Å². The van der Waals surface area contributed by atoms with Crippen molar-refractivity contribution in [2.45, 2.75) is 32.2 Å². The van der Waals surface area contributed by atoms with Gasteiger partial charge in [-0.25, -0.2) is 9.97 Å². The fourth-order valence-electron chi connectivity index (χ4n) is 4.76. The molecule has 0 spiro atoms. The molecule has 3 aromatic rings. The van der Waals surface area contributed by atoms with Crippen LogP contribution in [0.3, 0.4) is 0 Å². The molecule has 0 N–H and O–H groups in total. The molecule has 0 saturated carbocycles. The molecule has 1 aromatic heterocycles. The van der Waals surface area contributed by atoms with Crippen LogP contribution < -0.4 is 9.64 Å². The lowest BCUT2D eigenvalue weighted by molar-refractivity contribution is -0.132. The Labute approximate surface area is 206 Å². The average Bonchev–Trinajstić information content (AvgIpc) is 2.92. The zero-order valence-electron chi connectivity index (χ0n) is 20.3. The summed E-state index contributed by atoms with van der Waals surface area (Å²) in [4.78, 5) is 27.3. The number of anilines is 1. The van der Waals surface area contributed by atoms with Crippen molar-refractivity contribution in [3.63, 3.8) is 0 Å². The van der Waals surface area contributed by atoms with E-state index in [-0.39, 0.29) is 5.91 Å². The molecule has 1 saturated heterocycles. The van der Waals surface area contributed by atoms with Crippen molar-refractivity contribution < 1.29 is 14.3 Å². The summed E-state index contributed by atoms with van der Waals surface area (Å²) in [6.07, 6.45) is 2.69. The number of methoxy groups -OCH3 is 1. The molecule has 0 unspecified atom stereocenters. The van der Waals surface area contributed by atoms with Crippen molar-refractivity contribution in [1.82, 2.24) is 14.9 Å². The molecule has 2 aromatic carbocycles. The summed E-state index contributed by atoms with van der Waals surface area (Å²) in [7, 11) is 1.67. The largest absolute Gasteiger partial charge is 0.497 e. The topological polar surface area (TPSA) is 67.8 Å². The number of hydrogen-bond acceptors (Lipinski definition) is 6. The lowest BCUT2D eigenvalue weighted by atomic mass is 10.0. The maximum Gasteiger partial charge on any atom is 0.223 e. The summed E-state index contributed by atoms with van der Waals surface area (Å²) in [5.41, 5.74) is 4.49. The van der Waals surface area contributed by atoms with Crippen LogP contribution in [0.4, 0.5) is 5.82 Å². The highest BCUT2D eigenvalue weighted by molar-refractivity contribution is 5.77. The Morgan fingerprint density at radius 3 is 2.49 bits per heavy atom. The van der Waals surface area contributed by atoms with Crippen LogP contribution in [0.2, 0.25) is 0 Å². The Kier molecular flexibility index (Phi) is 7.23. The highest BCUT2D eigenvalue weighted by atomic mass is 16.5. The number of rotatable bonds is 7. The zero-order chi connectivity index (χ0) is 24.0. The smallest absolute Gasteiger partial charge is 0.223 e. The first-order valence-corrected chi connectivity index (χ1v) is 12.4. The SMILES string of the molecule is COc1ccc(Cc2nc3c(c(N4CCOCC4)n2)CN(C(=O)CCc2ccccc2)CC3)cc1. The van der Waals surface area contributed by atoms with E-state index in [2.05, 4.69) is 29.2 Å². The van der Waals surface area contributed by atoms with Gasteiger partial charge in [-0.2, -0.15) is 0 Å². The summed E-state index contributed by atoms with van der Waals surface area (Å²) in [6, 6.07) is 18.3. The third-order valence-corrected chi connectivity index (χ3v) is 6.74. The van der Waals surface area contributed by atoms with Gasteiger partial charge in [-0.15, -0.1) is 0 Å². The van der Waals surface area contributed by atoms with Crippen LogP contribution in [-0.2, 0) is 35.3 Å². The molecule has 5 rings (SSSR count). The minimum absolute atomic E-state index is 0.190. The number of nitrogens with zero attached hydrogens (tertiary/aromatic N) is 4. The fraction of sp³-hybridized carbons (Fsp3) is 0.393. The maximum atomic E-state index is 13.1. The van der Waals surface area contributed by atoms with Crippen LogP contribution in [0.1, 0.15) is 34.6 Å². The summed E-state index contributed by atoms with van der Waals surface area (Å²) < 4.78 is 10.9. The van der Waals surface area contributed by atoms with E-state index in [1.54, 1.807) is 7.11 Å². The van der Waals surface area contributed by atoms with Gasteiger partial charge in [0, 0.05) is 44.5 Å². The van der Waals surface area contributed by atoms with Crippen LogP contribution in [0.25, 0.3) is 0 Å². The van der Waals surface area contributed by atoms with Crippen molar-refractivity contribution in [2.75, 3.05) is 44.9 Å². The molecule has 35 heavy (non-hydrogen) atoms. The van der Waals surface area contributed by atoms with Crippen LogP contribution in [0.5, 0.6) is 5.75 Å². The van der Waals surface area contributed by atoms with E-state index in [4.69, 9.17) is 19.4 Å². The van der Waals surface area contributed by atoms with Crippen molar-refractivity contribution in [1.29, 1.82) is 0 Å². The molecular weight excluding hydrogens is 440 g/mol. The third kappa shape index (κ3) is 5.62. The number of amides is 1. The van der Waals surface area contributed by atoms with E-state index in [1.807, 2.05) is 35.2 Å². The van der Waals surface area contributed by atoms with Gasteiger partial charge < -0.3 is 19.3 Å². The van der Waals surface area contributed by atoms with E-state index in [0.29, 0.717) is 39.1 Å². The summed E-state index contributed by atoms with van der Waals surface area (Å²) in [5, 5.41) is 0. The molecule has 182 valence electrons. The van der Waals surface area contributed by atoms with E-state index in [0.717, 1.165) is 60.1 Å². The molecule has 1 fully saturated rings. The second-order valence-electron chi connectivity index (χ2n) is 9.06. The van der Waals surface area contributed by atoms with Crippen LogP contribution in [0, 0.1) is 0 Å². The Morgan fingerprint density at radius 1 is 0.971 bits per heavy atom. The first-order valence-electron chi connectivity index (χ1n) is 12.4. The van der Waals surface area contributed by atoms with E-state index < -0.39 is 0 Å². The standard InChI is InChI=1S/C28H32N4O3/c1-34-23-10-7-22(8-11-23)19-26-29-25-13-14-32(27(33)12-9-21-5-3-2-4-6-21)20-24(25)28(30-26)31-15-17-35-18-16-31/h2-8,10-11H,9,12-20H2,1H3. The lowest BCUT2D eigenvalue weighted by Gasteiger charge is -2.34. The lowest BCUT2D eigenvalue weighted by Crippen LogP contribution is -2.41. The molecule has 0 bridgehead atoms. The van der Waals surface area contributed by atoms with Crippen molar-refractivity contribution in [3.8, 4) is 5.75 Å². The van der Waals surface area contributed by atoms with Gasteiger partial charge in [-0.1, -0.05) is 42.5 Å². The predicted molar refractivity (Wildman–Crippen MR) is 135 cm³/mol. The third-order valence-electron chi connectivity index (χ3n) is 6.74. The molecule has 0 aliphatic carbocycles. The maximum absolute atomic E-state index is 13.1. The molecule has 0 radical (unpaired) electrons. The Hall–Kier alpha value is -3.45. The molecule has 0 atom stereocenters. The molecule has 2 aliphatic heterocycles. The summed E-state index contributed by atoms with van der Waals surface area (Å²) >= 11 is 0. The van der Waals surface area contributed by atoms with Crippen molar-refractivity contribution in [3.05, 3.63) is 82.8 Å². The minimum atomic E-state index is 0.190. The van der Waals surface area contributed by atoms with Gasteiger partial charge in [0.05, 0.1) is 32.6 Å². The minimum Gasteiger partial charge on any atom is -0.497 e. The first kappa shape index (κ1) is 23.3. The number of fused-ring (bicyclic) bond motifs is 1. The Balaban J connectivity index is 1.36. The Bertz CT molecular complexity index is 1140. The van der Waals surface area contributed by atoms with Gasteiger partial charge in [-0.3, -0.25) is 4.79 Å². The predicted octanol–water partition coefficient (Wildman–Crippen LogP) is 3.43. The number of ether oxygens (including phenoxy) is 2. The Morgan fingerprint density at radius 2 is 1.74 bits per heavy atom. The average molecular weight is 473 g/mol. The quantitative estimate of drug-likeness (QED) is 0.525. The number of carbonyl (C=O) groups excluding carboxylic acids is 1. The van der Waals surface area contributed by atoms with Gasteiger partial charge in [0.25, 0.3) is 0 Å². The highest BCUT2D eigenvalue weighted by Crippen LogP contribution is 2.29. The molecule has 7 nitrogen and oxygen atoms in total. The number of carbonyl (C=O) groups is 1. The van der Waals surface area contributed by atoms with Gasteiger partial charge >= 0.3 is 0 Å². The molecule has 3 heterocycles. The molecule has 2 aliphatic rings. The van der Waals surface area contributed by atoms with Gasteiger partial charge in [0.2, 0.25) is 5.91 Å². The van der Waals surface area contributed by atoms with Crippen molar-refractivity contribution in [2.24, 2.45) is 0 Å². The van der Waals surface area contributed by atoms with Crippen LogP contribution in [-0.4, -0.2) is 60.7 Å². The zero-order valence-corrected chi connectivity index (χ0v) is 20.3. The number of benzene rings is 2. The first-order chi connectivity index (χ1) is 17.2. The van der Waals surface area contributed by atoms with Gasteiger partial charge in [0.1, 0.15) is 17.4 Å². The van der Waals surface area contributed by atoms with E-state index in [1.165, 1.54) is 5.56 Å². The summed E-state index contributed by atoms with van der Waals surface area (Å²) in [6.45, 7) is 4.24. The van der Waals surface area contributed by atoms with Crippen LogP contribution >= 0.6 is 0 Å². The van der Waals surface area contributed by atoms with E-state index >= 15 is 0 Å². The second kappa shape index (κ2) is 10.9. The number of aromatic nitrogens is 2. The van der Waals surface area contributed by atoms with Crippen LogP contribution in [0.15, 0.2) is 54.6 Å². The molecule has 1 amide bonds. The number of hydrogen-bond donors (Lipinski definition) is 0. The summed E-state index contributed by atoms with van der Waals surface area (Å²) in [5.74, 6) is 2.81. The van der Waals surface area contributed by atoms with Gasteiger partial charge in [-0.05, 0) is 29.7 Å².